The monoisotopic (exact) mass is 419 g/mol. The Bertz CT molecular complexity index is 948. The molecule has 0 unspecified atom stereocenters. The fourth-order valence-corrected chi connectivity index (χ4v) is 5.05. The molecule has 1 aromatic carbocycles. The molecule has 0 N–H and O–H groups in total. The molecule has 4 rings (SSSR count). The van der Waals surface area contributed by atoms with Gasteiger partial charge in [0.15, 0.2) is 6.61 Å². The van der Waals surface area contributed by atoms with Gasteiger partial charge < -0.3 is 23.6 Å². The van der Waals surface area contributed by atoms with Gasteiger partial charge in [-0.3, -0.25) is 4.79 Å². The first-order valence-corrected chi connectivity index (χ1v) is 10.1. The van der Waals surface area contributed by atoms with Crippen LogP contribution in [-0.2, 0) is 20.9 Å². The van der Waals surface area contributed by atoms with Crippen LogP contribution in [0.3, 0.4) is 0 Å². The molecule has 2 atom stereocenters. The van der Waals surface area contributed by atoms with Gasteiger partial charge in [0.1, 0.15) is 17.5 Å². The second kappa shape index (κ2) is 7.58. The number of nitrogens with zero attached hydrogens (tertiary/aromatic N) is 3. The van der Waals surface area contributed by atoms with Crippen molar-refractivity contribution in [2.24, 2.45) is 0 Å². The molecule has 1 amide bonds. The number of methoxy groups -OCH3 is 2. The van der Waals surface area contributed by atoms with Crippen molar-refractivity contribution in [2.45, 2.75) is 37.3 Å². The molecule has 29 heavy (non-hydrogen) atoms. The molecule has 3 heterocycles. The fourth-order valence-electron chi connectivity index (χ4n) is 3.63. The van der Waals surface area contributed by atoms with Gasteiger partial charge in [-0.05, 0) is 25.5 Å². The van der Waals surface area contributed by atoms with Crippen molar-refractivity contribution in [3.8, 4) is 22.9 Å². The van der Waals surface area contributed by atoms with E-state index in [0.29, 0.717) is 35.1 Å². The number of carbonyl (C=O) groups excluding carboxylic acids is 2. The summed E-state index contributed by atoms with van der Waals surface area (Å²) in [6.45, 7) is 1.83. The Balaban J connectivity index is 1.43. The number of aromatic nitrogens is 2. The molecular formula is C19H21N3O6S. The molecular weight excluding hydrogens is 398 g/mol. The molecule has 10 heteroatoms. The van der Waals surface area contributed by atoms with Gasteiger partial charge in [0, 0.05) is 18.2 Å². The minimum Gasteiger partial charge on any atom is -0.497 e. The SMILES string of the molecule is COc1ccc(-c2noc(COC(=O)[C@@H]3CS[C@]4(C)CCC(=O)N34)n2)c(OC)c1. The zero-order valence-electron chi connectivity index (χ0n) is 16.3. The number of rotatable bonds is 6. The Hall–Kier alpha value is -2.75. The van der Waals surface area contributed by atoms with Crippen LogP contribution in [-0.4, -0.2) is 57.8 Å². The first-order valence-electron chi connectivity index (χ1n) is 9.13. The normalized spacial score (nSPS) is 23.2. The summed E-state index contributed by atoms with van der Waals surface area (Å²) in [4.78, 5) is 30.3. The zero-order valence-corrected chi connectivity index (χ0v) is 17.2. The number of hydrogen-bond acceptors (Lipinski definition) is 9. The average Bonchev–Trinajstić information content (AvgIpc) is 3.41. The second-order valence-corrected chi connectivity index (χ2v) is 8.45. The zero-order chi connectivity index (χ0) is 20.6. The quantitative estimate of drug-likeness (QED) is 0.652. The van der Waals surface area contributed by atoms with Gasteiger partial charge in [-0.25, -0.2) is 4.79 Å². The molecule has 0 radical (unpaired) electrons. The lowest BCUT2D eigenvalue weighted by atomic mass is 10.2. The van der Waals surface area contributed by atoms with E-state index in [1.807, 2.05) is 6.92 Å². The Morgan fingerprint density at radius 1 is 1.38 bits per heavy atom. The third kappa shape index (κ3) is 3.52. The smallest absolute Gasteiger partial charge is 0.330 e. The Morgan fingerprint density at radius 2 is 2.21 bits per heavy atom. The highest BCUT2D eigenvalue weighted by Gasteiger charge is 2.53. The fraction of sp³-hybridized carbons (Fsp3) is 0.474. The van der Waals surface area contributed by atoms with E-state index in [2.05, 4.69) is 10.1 Å². The molecule has 0 saturated carbocycles. The van der Waals surface area contributed by atoms with Crippen LogP contribution in [0.4, 0.5) is 0 Å². The Kier molecular flexibility index (Phi) is 5.12. The summed E-state index contributed by atoms with van der Waals surface area (Å²) in [6, 6.07) is 4.65. The Morgan fingerprint density at radius 3 is 2.97 bits per heavy atom. The lowest BCUT2D eigenvalue weighted by Gasteiger charge is -2.29. The number of esters is 1. The molecule has 0 aliphatic carbocycles. The van der Waals surface area contributed by atoms with E-state index in [-0.39, 0.29) is 23.3 Å². The minimum absolute atomic E-state index is 0.00822. The number of carbonyl (C=O) groups is 2. The van der Waals surface area contributed by atoms with Gasteiger partial charge in [0.2, 0.25) is 11.7 Å². The molecule has 2 saturated heterocycles. The van der Waals surface area contributed by atoms with Gasteiger partial charge >= 0.3 is 5.97 Å². The van der Waals surface area contributed by atoms with Gasteiger partial charge in [-0.1, -0.05) is 5.16 Å². The van der Waals surface area contributed by atoms with Gasteiger partial charge in [0.05, 0.1) is 24.7 Å². The van der Waals surface area contributed by atoms with Crippen LogP contribution in [0.1, 0.15) is 25.7 Å². The summed E-state index contributed by atoms with van der Waals surface area (Å²) in [7, 11) is 3.10. The van der Waals surface area contributed by atoms with Crippen molar-refractivity contribution in [3.63, 3.8) is 0 Å². The second-order valence-electron chi connectivity index (χ2n) is 6.95. The number of hydrogen-bond donors (Lipinski definition) is 0. The standard InChI is InChI=1S/C19H21N3O6S/c1-19-7-6-16(23)22(19)13(10-29-19)18(24)27-9-15-20-17(21-28-15)12-5-4-11(25-2)8-14(12)26-3/h4-5,8,13H,6-7,9-10H2,1-3H3/t13-,19+/m0/s1. The molecule has 0 spiro atoms. The summed E-state index contributed by atoms with van der Waals surface area (Å²) in [5.74, 6) is 1.70. The van der Waals surface area contributed by atoms with Crippen molar-refractivity contribution in [3.05, 3.63) is 24.1 Å². The number of thioether (sulfide) groups is 1. The third-order valence-corrected chi connectivity index (χ3v) is 6.68. The van der Waals surface area contributed by atoms with Gasteiger partial charge in [0.25, 0.3) is 5.89 Å². The Labute approximate surface area is 171 Å². The topological polar surface area (TPSA) is 104 Å². The van der Waals surface area contributed by atoms with Crippen molar-refractivity contribution in [2.75, 3.05) is 20.0 Å². The van der Waals surface area contributed by atoms with E-state index in [4.69, 9.17) is 18.7 Å². The highest BCUT2D eigenvalue weighted by molar-refractivity contribution is 8.01. The van der Waals surface area contributed by atoms with Crippen molar-refractivity contribution in [1.29, 1.82) is 0 Å². The maximum absolute atomic E-state index is 12.5. The molecule has 1 aromatic heterocycles. The molecule has 2 aromatic rings. The number of ether oxygens (including phenoxy) is 3. The number of amides is 1. The van der Waals surface area contributed by atoms with E-state index in [9.17, 15) is 9.59 Å². The van der Waals surface area contributed by atoms with Crippen LogP contribution in [0.2, 0.25) is 0 Å². The highest BCUT2D eigenvalue weighted by Crippen LogP contribution is 2.47. The van der Waals surface area contributed by atoms with Gasteiger partial charge in [-0.2, -0.15) is 4.98 Å². The summed E-state index contributed by atoms with van der Waals surface area (Å²) >= 11 is 1.61. The van der Waals surface area contributed by atoms with Crippen molar-refractivity contribution in [1.82, 2.24) is 15.0 Å². The van der Waals surface area contributed by atoms with E-state index in [1.165, 1.54) is 7.11 Å². The van der Waals surface area contributed by atoms with Crippen LogP contribution in [0, 0.1) is 0 Å². The lowest BCUT2D eigenvalue weighted by molar-refractivity contribution is -0.155. The predicted molar refractivity (Wildman–Crippen MR) is 103 cm³/mol. The summed E-state index contributed by atoms with van der Waals surface area (Å²) in [5.41, 5.74) is 0.625. The number of benzene rings is 1. The largest absolute Gasteiger partial charge is 0.497 e. The maximum Gasteiger partial charge on any atom is 0.330 e. The molecule has 2 aliphatic heterocycles. The van der Waals surface area contributed by atoms with Crippen LogP contribution in [0.15, 0.2) is 22.7 Å². The van der Waals surface area contributed by atoms with Gasteiger partial charge in [-0.15, -0.1) is 11.8 Å². The molecule has 2 fully saturated rings. The minimum atomic E-state index is -0.580. The maximum atomic E-state index is 12.5. The van der Waals surface area contributed by atoms with Crippen LogP contribution in [0.5, 0.6) is 11.5 Å². The summed E-state index contributed by atoms with van der Waals surface area (Å²) < 4.78 is 21.1. The first kappa shape index (κ1) is 19.6. The average molecular weight is 419 g/mol. The van der Waals surface area contributed by atoms with Crippen LogP contribution in [0.25, 0.3) is 11.4 Å². The van der Waals surface area contributed by atoms with E-state index in [0.717, 1.165) is 6.42 Å². The van der Waals surface area contributed by atoms with Crippen LogP contribution >= 0.6 is 11.8 Å². The predicted octanol–water partition coefficient (Wildman–Crippen LogP) is 2.25. The van der Waals surface area contributed by atoms with Crippen molar-refractivity contribution >= 4 is 23.6 Å². The third-order valence-electron chi connectivity index (χ3n) is 5.17. The first-order chi connectivity index (χ1) is 13.9. The number of fused-ring (bicyclic) bond motifs is 1. The van der Waals surface area contributed by atoms with E-state index >= 15 is 0 Å². The molecule has 154 valence electrons. The van der Waals surface area contributed by atoms with Crippen molar-refractivity contribution < 1.29 is 28.3 Å². The molecule has 9 nitrogen and oxygen atoms in total. The lowest BCUT2D eigenvalue weighted by Crippen LogP contribution is -2.46. The molecule has 0 bridgehead atoms. The van der Waals surface area contributed by atoms with Crippen LogP contribution < -0.4 is 9.47 Å². The van der Waals surface area contributed by atoms with E-state index < -0.39 is 12.0 Å². The van der Waals surface area contributed by atoms with E-state index in [1.54, 1.807) is 42.0 Å². The molecule has 2 aliphatic rings. The summed E-state index contributed by atoms with van der Waals surface area (Å²) in [5, 5.41) is 3.94. The summed E-state index contributed by atoms with van der Waals surface area (Å²) in [6.07, 6.45) is 1.21. The highest BCUT2D eigenvalue weighted by atomic mass is 32.2.